The Morgan fingerprint density at radius 3 is 2.52 bits per heavy atom. The van der Waals surface area contributed by atoms with Crippen molar-refractivity contribution in [1.82, 2.24) is 15.2 Å². The molecule has 11 nitrogen and oxygen atoms in total. The summed E-state index contributed by atoms with van der Waals surface area (Å²) in [4.78, 5) is 26.3. The fourth-order valence-corrected chi connectivity index (χ4v) is 9.23. The fourth-order valence-electron chi connectivity index (χ4n) is 9.23. The van der Waals surface area contributed by atoms with Crippen molar-refractivity contribution in [2.24, 2.45) is 22.9 Å². The van der Waals surface area contributed by atoms with Crippen LogP contribution in [0.15, 0.2) is 90.6 Å². The Balaban J connectivity index is 1.53. The molecule has 0 radical (unpaired) electrons. The summed E-state index contributed by atoms with van der Waals surface area (Å²) >= 11 is 0. The monoisotopic (exact) mass is 796 g/mol. The van der Waals surface area contributed by atoms with Gasteiger partial charge in [0.2, 0.25) is 5.79 Å². The van der Waals surface area contributed by atoms with Crippen LogP contribution in [0.3, 0.4) is 0 Å². The number of carbonyl (C=O) groups is 1. The molecule has 11 heteroatoms. The van der Waals surface area contributed by atoms with Crippen LogP contribution in [0.4, 0.5) is 4.79 Å². The number of ether oxygens (including phenoxy) is 3. The van der Waals surface area contributed by atoms with E-state index >= 15 is 0 Å². The van der Waals surface area contributed by atoms with Crippen molar-refractivity contribution in [3.63, 3.8) is 0 Å². The van der Waals surface area contributed by atoms with E-state index in [1.54, 1.807) is 12.2 Å². The number of allylic oxidation sites excluding steroid dienone is 1. The van der Waals surface area contributed by atoms with Gasteiger partial charge in [0.15, 0.2) is 0 Å². The van der Waals surface area contributed by atoms with Crippen molar-refractivity contribution < 1.29 is 34.1 Å². The molecule has 2 heterocycles. The van der Waals surface area contributed by atoms with Gasteiger partial charge in [-0.1, -0.05) is 67.9 Å². The van der Waals surface area contributed by atoms with Crippen molar-refractivity contribution in [3.8, 4) is 11.5 Å². The van der Waals surface area contributed by atoms with E-state index in [1.807, 2.05) is 56.0 Å². The highest BCUT2D eigenvalue weighted by molar-refractivity contribution is 6.03. The summed E-state index contributed by atoms with van der Waals surface area (Å²) in [5.74, 6) is -0.230. The number of hydrogen-bond donors (Lipinski definition) is 4. The largest absolute Gasteiger partial charge is 0.490 e. The van der Waals surface area contributed by atoms with Crippen LogP contribution in [0.2, 0.25) is 0 Å². The zero-order chi connectivity index (χ0) is 41.3. The molecule has 3 aromatic rings. The maximum Gasteiger partial charge on any atom is 0.318 e. The Bertz CT molecular complexity index is 1900. The predicted molar refractivity (Wildman–Crippen MR) is 229 cm³/mol. The number of H-pyrrole nitrogens is 1. The van der Waals surface area contributed by atoms with E-state index in [4.69, 9.17) is 24.2 Å². The Labute approximate surface area is 344 Å². The average molecular weight is 797 g/mol. The van der Waals surface area contributed by atoms with Crippen molar-refractivity contribution in [2.75, 3.05) is 33.0 Å². The molecular weight excluding hydrogens is 733 g/mol. The number of nitrogens with zero attached hydrogens (tertiary/aromatic N) is 2. The van der Waals surface area contributed by atoms with Crippen LogP contribution in [-0.2, 0) is 16.1 Å². The Morgan fingerprint density at radius 2 is 1.81 bits per heavy atom. The summed E-state index contributed by atoms with van der Waals surface area (Å²) in [6.45, 7) is 17.5. The quantitative estimate of drug-likeness (QED) is 0.0510. The van der Waals surface area contributed by atoms with Gasteiger partial charge in [0.25, 0.3) is 0 Å². The summed E-state index contributed by atoms with van der Waals surface area (Å²) in [5.41, 5.74) is 4.13. The predicted octanol–water partition coefficient (Wildman–Crippen LogP) is 8.79. The number of benzene rings is 2. The molecule has 3 aliphatic rings. The number of aromatic nitrogens is 1. The highest BCUT2D eigenvalue weighted by Gasteiger charge is 2.65. The third-order valence-corrected chi connectivity index (χ3v) is 11.6. The van der Waals surface area contributed by atoms with Gasteiger partial charge < -0.3 is 44.5 Å². The number of aromatic amines is 1. The van der Waals surface area contributed by atoms with Gasteiger partial charge in [-0.05, 0) is 106 Å². The smallest absolute Gasteiger partial charge is 0.318 e. The number of rotatable bonds is 20. The first-order valence-electron chi connectivity index (χ1n) is 21.2. The number of aliphatic hydroxyl groups is 2. The van der Waals surface area contributed by atoms with Gasteiger partial charge in [0.05, 0.1) is 24.8 Å². The van der Waals surface area contributed by atoms with Crippen LogP contribution in [-0.4, -0.2) is 82.2 Å². The summed E-state index contributed by atoms with van der Waals surface area (Å²) < 4.78 is 20.5. The molecule has 1 aliphatic heterocycles. The van der Waals surface area contributed by atoms with Gasteiger partial charge in [0.1, 0.15) is 29.7 Å². The molecular formula is C47H64N4O7. The summed E-state index contributed by atoms with van der Waals surface area (Å²) in [5, 5.41) is 29.0. The molecule has 6 unspecified atom stereocenters. The maximum atomic E-state index is 14.7. The number of carbonyl (C=O) groups excluding carboxylic acids is 1. The normalized spacial score (nSPS) is 24.3. The van der Waals surface area contributed by atoms with Crippen molar-refractivity contribution in [1.29, 1.82) is 0 Å². The van der Waals surface area contributed by atoms with E-state index in [-0.39, 0.29) is 43.6 Å². The lowest BCUT2D eigenvalue weighted by atomic mass is 9.55. The molecule has 2 amide bonds. The number of aliphatic hydroxyl groups excluding tert-OH is 2. The number of hydrogen-bond acceptors (Lipinski definition) is 8. The molecule has 2 aliphatic carbocycles. The summed E-state index contributed by atoms with van der Waals surface area (Å²) in [7, 11) is 0. The van der Waals surface area contributed by atoms with Crippen LogP contribution in [0, 0.1) is 17.8 Å². The van der Waals surface area contributed by atoms with E-state index < -0.39 is 23.3 Å². The lowest BCUT2D eigenvalue weighted by Gasteiger charge is -2.60. The number of fused-ring (bicyclic) bond motifs is 3. The number of amides is 2. The minimum absolute atomic E-state index is 0.113. The molecule has 0 bridgehead atoms. The molecule has 1 saturated carbocycles. The van der Waals surface area contributed by atoms with Gasteiger partial charge in [-0.15, -0.1) is 6.58 Å². The van der Waals surface area contributed by atoms with Crippen LogP contribution in [0.1, 0.15) is 96.2 Å². The molecule has 2 aromatic carbocycles. The minimum atomic E-state index is -1.33. The molecule has 1 aromatic heterocycles. The highest BCUT2D eigenvalue weighted by Crippen LogP contribution is 2.62. The molecule has 6 atom stereocenters. The van der Waals surface area contributed by atoms with Gasteiger partial charge in [-0.3, -0.25) is 0 Å². The van der Waals surface area contributed by atoms with E-state index in [0.717, 1.165) is 59.1 Å². The Kier molecular flexibility index (Phi) is 14.4. The maximum absolute atomic E-state index is 14.7. The van der Waals surface area contributed by atoms with Crippen LogP contribution in [0.5, 0.6) is 11.5 Å². The van der Waals surface area contributed by atoms with Crippen molar-refractivity contribution >= 4 is 22.6 Å². The number of oxime groups is 1. The Hall–Kier alpha value is -4.58. The van der Waals surface area contributed by atoms with E-state index in [2.05, 4.69) is 54.7 Å². The van der Waals surface area contributed by atoms with Crippen LogP contribution < -0.4 is 14.8 Å². The van der Waals surface area contributed by atoms with Gasteiger partial charge in [-0.25, -0.2) is 4.79 Å². The first-order valence-corrected chi connectivity index (χ1v) is 21.2. The topological polar surface area (TPSA) is 138 Å². The second-order valence-corrected chi connectivity index (χ2v) is 16.8. The molecule has 4 N–H and O–H groups in total. The lowest BCUT2D eigenvalue weighted by molar-refractivity contribution is -0.254. The highest BCUT2D eigenvalue weighted by atomic mass is 16.7. The molecule has 58 heavy (non-hydrogen) atoms. The van der Waals surface area contributed by atoms with E-state index in [0.29, 0.717) is 56.9 Å². The number of urea groups is 1. The number of para-hydroxylation sites is 1. The van der Waals surface area contributed by atoms with E-state index in [1.165, 1.54) is 0 Å². The van der Waals surface area contributed by atoms with Gasteiger partial charge in [-0.2, -0.15) is 0 Å². The standard InChI is InChI=1S/C47H64N4O7/c1-7-22-51(45(54)48-31-34-27-33-17-10-11-19-39(33)49-34)42-30-40(50-58-46(4,5)6)37-28-32(16-12-14-23-52)36(18-13-15-24-53)43-38-29-35(55-25-8-2)20-21-41(38)57-47(42,44(37)43)56-26-9-3/h8-11,17,19-21,27-29,32,36,42-44,49,52-53H,2-3,7,12-16,18,22-26,30-31H2,1,4-6H3,(H,48,54). The zero-order valence-corrected chi connectivity index (χ0v) is 34.9. The first kappa shape index (κ1) is 43.0. The fraction of sp³-hybridized carbons (Fsp3) is 0.532. The summed E-state index contributed by atoms with van der Waals surface area (Å²) in [6, 6.07) is 15.3. The molecule has 0 saturated heterocycles. The number of nitrogens with one attached hydrogen (secondary N) is 2. The van der Waals surface area contributed by atoms with Crippen LogP contribution in [0.25, 0.3) is 10.9 Å². The lowest BCUT2D eigenvalue weighted by Crippen LogP contribution is -2.70. The number of unbranched alkanes of at least 4 members (excludes halogenated alkanes) is 2. The van der Waals surface area contributed by atoms with Crippen LogP contribution >= 0.6 is 0 Å². The molecule has 0 spiro atoms. The third-order valence-electron chi connectivity index (χ3n) is 11.6. The molecule has 6 rings (SSSR count). The SMILES string of the molecule is C=CCOc1ccc2c(c1)C1C(CCCCO)C(CCCCO)C=C3C(=NOC(C)(C)C)CC(N(CCC)C(=O)NCc4cc5ccccc5[nH]4)C(OCC=C)(O2)C31. The second-order valence-electron chi connectivity index (χ2n) is 16.8. The second kappa shape index (κ2) is 19.4. The molecule has 1 fully saturated rings. The van der Waals surface area contributed by atoms with Gasteiger partial charge >= 0.3 is 6.03 Å². The van der Waals surface area contributed by atoms with Crippen molar-refractivity contribution in [3.05, 3.63) is 96.7 Å². The Morgan fingerprint density at radius 1 is 1.05 bits per heavy atom. The first-order chi connectivity index (χ1) is 28.1. The third kappa shape index (κ3) is 9.48. The average Bonchev–Trinajstić information content (AvgIpc) is 3.64. The zero-order valence-electron chi connectivity index (χ0n) is 34.9. The van der Waals surface area contributed by atoms with Gasteiger partial charge in [0, 0.05) is 48.9 Å². The minimum Gasteiger partial charge on any atom is -0.490 e. The molecule has 314 valence electrons. The van der Waals surface area contributed by atoms with Crippen molar-refractivity contribution in [2.45, 2.75) is 109 Å². The summed E-state index contributed by atoms with van der Waals surface area (Å²) in [6.07, 6.45) is 11.7. The van der Waals surface area contributed by atoms with E-state index in [9.17, 15) is 15.0 Å².